The Morgan fingerprint density at radius 2 is 2.33 bits per heavy atom. The lowest BCUT2D eigenvalue weighted by Gasteiger charge is -2.35. The molecule has 1 saturated heterocycles. The number of nitrogens with one attached hydrogen (secondary N) is 2. The van der Waals surface area contributed by atoms with Crippen LogP contribution in [0.15, 0.2) is 22.7 Å². The van der Waals surface area contributed by atoms with Crippen LogP contribution in [0.25, 0.3) is 0 Å². The van der Waals surface area contributed by atoms with Crippen LogP contribution in [0, 0.1) is 15.5 Å². The molecule has 2 N–H and O–H groups in total. The fourth-order valence-electron chi connectivity index (χ4n) is 2.60. The molecule has 1 unspecified atom stereocenters. The number of hydrogen-bond donors (Lipinski definition) is 2. The predicted octanol–water partition coefficient (Wildman–Crippen LogP) is 3.08. The lowest BCUT2D eigenvalue weighted by atomic mass is 9.77. The van der Waals surface area contributed by atoms with E-state index in [0.29, 0.717) is 16.7 Å². The monoisotopic (exact) mass is 355 g/mol. The van der Waals surface area contributed by atoms with Crippen LogP contribution in [0.2, 0.25) is 0 Å². The van der Waals surface area contributed by atoms with E-state index in [9.17, 15) is 14.9 Å². The molecule has 1 atom stereocenters. The summed E-state index contributed by atoms with van der Waals surface area (Å²) in [4.78, 5) is 23.0. The van der Waals surface area contributed by atoms with E-state index in [2.05, 4.69) is 26.6 Å². The zero-order valence-corrected chi connectivity index (χ0v) is 13.4. The molecular formula is C14H18BrN3O3. The van der Waals surface area contributed by atoms with Crippen molar-refractivity contribution in [3.05, 3.63) is 32.8 Å². The van der Waals surface area contributed by atoms with E-state index in [1.165, 1.54) is 12.1 Å². The summed E-state index contributed by atoms with van der Waals surface area (Å²) in [5.74, 6) is -0.0848. The van der Waals surface area contributed by atoms with E-state index < -0.39 is 10.3 Å². The van der Waals surface area contributed by atoms with Crippen molar-refractivity contribution in [2.45, 2.75) is 26.2 Å². The number of rotatable bonds is 4. The molecule has 1 aliphatic rings. The summed E-state index contributed by atoms with van der Waals surface area (Å²) in [6.07, 6.45) is 2.52. The number of carbonyl (C=O) groups is 1. The van der Waals surface area contributed by atoms with Crippen LogP contribution in [0.4, 0.5) is 11.4 Å². The van der Waals surface area contributed by atoms with Gasteiger partial charge in [0.05, 0.1) is 16.0 Å². The van der Waals surface area contributed by atoms with Crippen LogP contribution in [0.3, 0.4) is 0 Å². The molecule has 0 radical (unpaired) electrons. The first-order valence-corrected chi connectivity index (χ1v) is 7.74. The minimum absolute atomic E-state index is 0.0409. The second-order valence-corrected chi connectivity index (χ2v) is 6.14. The van der Waals surface area contributed by atoms with Crippen molar-refractivity contribution in [1.29, 1.82) is 0 Å². The van der Waals surface area contributed by atoms with E-state index in [1.54, 1.807) is 6.07 Å². The molecule has 0 bridgehead atoms. The Labute approximate surface area is 131 Å². The SMILES string of the molecule is CCC1(C(=O)Nc2cc([N+](=O)[O-])ccc2Br)CCCNC1. The number of nitrogens with zero attached hydrogens (tertiary/aromatic N) is 1. The molecule has 1 amide bonds. The lowest BCUT2D eigenvalue weighted by molar-refractivity contribution is -0.384. The zero-order valence-electron chi connectivity index (χ0n) is 11.8. The lowest BCUT2D eigenvalue weighted by Crippen LogP contribution is -2.47. The maximum absolute atomic E-state index is 12.6. The summed E-state index contributed by atoms with van der Waals surface area (Å²) in [5, 5.41) is 16.9. The van der Waals surface area contributed by atoms with Crippen molar-refractivity contribution in [2.24, 2.45) is 5.41 Å². The molecule has 0 aromatic heterocycles. The maximum Gasteiger partial charge on any atom is 0.271 e. The number of benzene rings is 1. The van der Waals surface area contributed by atoms with Gasteiger partial charge in [0.2, 0.25) is 5.91 Å². The molecule has 0 saturated carbocycles. The van der Waals surface area contributed by atoms with Crippen LogP contribution in [-0.4, -0.2) is 23.9 Å². The molecule has 1 fully saturated rings. The van der Waals surface area contributed by atoms with Crippen molar-refractivity contribution in [1.82, 2.24) is 5.32 Å². The first-order valence-electron chi connectivity index (χ1n) is 6.94. The molecule has 6 nitrogen and oxygen atoms in total. The smallest absolute Gasteiger partial charge is 0.271 e. The zero-order chi connectivity index (χ0) is 15.5. The van der Waals surface area contributed by atoms with Gasteiger partial charge >= 0.3 is 0 Å². The van der Waals surface area contributed by atoms with Crippen LogP contribution in [0.1, 0.15) is 26.2 Å². The number of piperidine rings is 1. The van der Waals surface area contributed by atoms with E-state index in [1.807, 2.05) is 6.92 Å². The molecule has 0 spiro atoms. The highest BCUT2D eigenvalue weighted by molar-refractivity contribution is 9.10. The normalized spacial score (nSPS) is 21.8. The second-order valence-electron chi connectivity index (χ2n) is 5.29. The van der Waals surface area contributed by atoms with Gasteiger partial charge in [-0.15, -0.1) is 0 Å². The number of nitro benzene ring substituents is 1. The number of anilines is 1. The molecule has 21 heavy (non-hydrogen) atoms. The first-order chi connectivity index (χ1) is 9.98. The van der Waals surface area contributed by atoms with Crippen molar-refractivity contribution in [3.8, 4) is 0 Å². The van der Waals surface area contributed by atoms with Crippen molar-refractivity contribution >= 4 is 33.2 Å². The van der Waals surface area contributed by atoms with Gasteiger partial charge in [-0.1, -0.05) is 6.92 Å². The van der Waals surface area contributed by atoms with Gasteiger partial charge in [0, 0.05) is 23.2 Å². The van der Waals surface area contributed by atoms with Gasteiger partial charge in [-0.3, -0.25) is 14.9 Å². The van der Waals surface area contributed by atoms with Gasteiger partial charge in [0.25, 0.3) is 5.69 Å². The Hall–Kier alpha value is -1.47. The second kappa shape index (κ2) is 6.53. The van der Waals surface area contributed by atoms with Crippen LogP contribution >= 0.6 is 15.9 Å². The van der Waals surface area contributed by atoms with Gasteiger partial charge in [-0.25, -0.2) is 0 Å². The Morgan fingerprint density at radius 1 is 1.57 bits per heavy atom. The van der Waals surface area contributed by atoms with Gasteiger partial charge in [-0.2, -0.15) is 0 Å². The minimum atomic E-state index is -0.472. The van der Waals surface area contributed by atoms with Gasteiger partial charge in [0.15, 0.2) is 0 Å². The van der Waals surface area contributed by atoms with Gasteiger partial charge in [0.1, 0.15) is 0 Å². The molecule has 1 aromatic rings. The molecule has 1 heterocycles. The predicted molar refractivity (Wildman–Crippen MR) is 84.3 cm³/mol. The number of non-ortho nitro benzene ring substituents is 1. The quantitative estimate of drug-likeness (QED) is 0.641. The Bertz CT molecular complexity index is 556. The van der Waals surface area contributed by atoms with Gasteiger partial charge in [-0.05, 0) is 47.8 Å². The summed E-state index contributed by atoms with van der Waals surface area (Å²) < 4.78 is 0.636. The van der Waals surface area contributed by atoms with Crippen LogP contribution in [-0.2, 0) is 4.79 Å². The molecule has 7 heteroatoms. The maximum atomic E-state index is 12.6. The molecule has 1 aliphatic heterocycles. The Balaban J connectivity index is 2.22. The van der Waals surface area contributed by atoms with Crippen molar-refractivity contribution in [3.63, 3.8) is 0 Å². The molecule has 0 aliphatic carbocycles. The topological polar surface area (TPSA) is 84.3 Å². The molecule has 2 rings (SSSR count). The molecular weight excluding hydrogens is 338 g/mol. The fourth-order valence-corrected chi connectivity index (χ4v) is 2.95. The third-order valence-electron chi connectivity index (χ3n) is 4.04. The van der Waals surface area contributed by atoms with Gasteiger partial charge < -0.3 is 10.6 Å². The van der Waals surface area contributed by atoms with E-state index in [4.69, 9.17) is 0 Å². The fraction of sp³-hybridized carbons (Fsp3) is 0.500. The summed E-state index contributed by atoms with van der Waals surface area (Å²) in [6, 6.07) is 4.35. The number of amides is 1. The van der Waals surface area contributed by atoms with E-state index >= 15 is 0 Å². The minimum Gasteiger partial charge on any atom is -0.324 e. The molecule has 114 valence electrons. The van der Waals surface area contributed by atoms with E-state index in [-0.39, 0.29) is 11.6 Å². The van der Waals surface area contributed by atoms with E-state index in [0.717, 1.165) is 25.8 Å². The van der Waals surface area contributed by atoms with Crippen molar-refractivity contribution < 1.29 is 9.72 Å². The summed E-state index contributed by atoms with van der Waals surface area (Å²) in [6.45, 7) is 3.56. The van der Waals surface area contributed by atoms with Crippen LogP contribution in [0.5, 0.6) is 0 Å². The highest BCUT2D eigenvalue weighted by atomic mass is 79.9. The summed E-state index contributed by atoms with van der Waals surface area (Å²) in [5.41, 5.74) is -0.0455. The van der Waals surface area contributed by atoms with Crippen molar-refractivity contribution in [2.75, 3.05) is 18.4 Å². The number of nitro groups is 1. The first kappa shape index (κ1) is 15.9. The highest BCUT2D eigenvalue weighted by Gasteiger charge is 2.38. The highest BCUT2D eigenvalue weighted by Crippen LogP contribution is 2.34. The standard InChI is InChI=1S/C14H18BrN3O3/c1-2-14(6-3-7-16-9-14)13(19)17-12-8-10(18(20)21)4-5-11(12)15/h4-5,8,16H,2-3,6-7,9H2,1H3,(H,17,19). The number of halogens is 1. The number of carbonyl (C=O) groups excluding carboxylic acids is 1. The summed E-state index contributed by atoms with van der Waals surface area (Å²) >= 11 is 3.32. The Kier molecular flexibility index (Phi) is 4.95. The van der Waals surface area contributed by atoms with Crippen LogP contribution < -0.4 is 10.6 Å². The summed E-state index contributed by atoms with van der Waals surface area (Å²) in [7, 11) is 0. The average molecular weight is 356 g/mol. The average Bonchev–Trinajstić information content (AvgIpc) is 2.49. The number of hydrogen-bond acceptors (Lipinski definition) is 4. The Morgan fingerprint density at radius 3 is 2.90 bits per heavy atom. The molecule has 1 aromatic carbocycles. The third-order valence-corrected chi connectivity index (χ3v) is 4.73. The third kappa shape index (κ3) is 3.41. The largest absolute Gasteiger partial charge is 0.324 e.